The van der Waals surface area contributed by atoms with Crippen LogP contribution in [0.5, 0.6) is 0 Å². The van der Waals surface area contributed by atoms with Gasteiger partial charge in [-0.2, -0.15) is 5.06 Å². The fourth-order valence-electron chi connectivity index (χ4n) is 2.33. The summed E-state index contributed by atoms with van der Waals surface area (Å²) in [7, 11) is 1.54. The summed E-state index contributed by atoms with van der Waals surface area (Å²) in [5, 5.41) is 13.4. The Labute approximate surface area is 145 Å². The average Bonchev–Trinajstić information content (AvgIpc) is 3.12. The summed E-state index contributed by atoms with van der Waals surface area (Å²) >= 11 is 0. The van der Waals surface area contributed by atoms with Crippen molar-refractivity contribution in [1.82, 2.24) is 20.3 Å². The Kier molecular flexibility index (Phi) is 7.12. The van der Waals surface area contributed by atoms with E-state index in [2.05, 4.69) is 15.3 Å². The molecule has 3 N–H and O–H groups in total. The topological polar surface area (TPSA) is 108 Å². The molecule has 0 bridgehead atoms. The van der Waals surface area contributed by atoms with E-state index >= 15 is 0 Å². The predicted octanol–water partition coefficient (Wildman–Crippen LogP) is 0.975. The molecule has 25 heavy (non-hydrogen) atoms. The molecule has 2 aromatic rings. The van der Waals surface area contributed by atoms with Crippen molar-refractivity contribution in [2.75, 3.05) is 13.7 Å². The van der Waals surface area contributed by atoms with Gasteiger partial charge in [0.2, 0.25) is 5.91 Å². The minimum absolute atomic E-state index is 0.132. The van der Waals surface area contributed by atoms with Crippen LogP contribution in [0.25, 0.3) is 0 Å². The lowest BCUT2D eigenvalue weighted by Crippen LogP contribution is -2.43. The first-order valence-corrected chi connectivity index (χ1v) is 7.91. The van der Waals surface area contributed by atoms with Gasteiger partial charge in [-0.1, -0.05) is 30.3 Å². The molecule has 0 spiro atoms. The van der Waals surface area contributed by atoms with Crippen LogP contribution < -0.4 is 5.32 Å². The molecular weight excluding hydrogens is 324 g/mol. The number of carbonyl (C=O) groups is 2. The number of rotatable bonds is 10. The van der Waals surface area contributed by atoms with Gasteiger partial charge in [-0.05, 0) is 5.56 Å². The van der Waals surface area contributed by atoms with E-state index in [1.165, 1.54) is 12.5 Å². The fourth-order valence-corrected chi connectivity index (χ4v) is 2.33. The molecule has 0 aliphatic rings. The average molecular weight is 346 g/mol. The summed E-state index contributed by atoms with van der Waals surface area (Å²) in [4.78, 5) is 35.3. The third kappa shape index (κ3) is 6.36. The first-order valence-electron chi connectivity index (χ1n) is 7.91. The Morgan fingerprint density at radius 2 is 2.12 bits per heavy atom. The highest BCUT2D eigenvalue weighted by Gasteiger charge is 2.21. The molecule has 2 rings (SSSR count). The zero-order valence-electron chi connectivity index (χ0n) is 14.0. The van der Waals surface area contributed by atoms with Gasteiger partial charge in [0, 0.05) is 37.8 Å². The van der Waals surface area contributed by atoms with Crippen molar-refractivity contribution in [1.29, 1.82) is 0 Å². The van der Waals surface area contributed by atoms with Gasteiger partial charge in [-0.25, -0.2) is 9.78 Å². The predicted molar refractivity (Wildman–Crippen MR) is 90.3 cm³/mol. The Balaban J connectivity index is 1.81. The van der Waals surface area contributed by atoms with E-state index < -0.39 is 12.0 Å². The number of amides is 1. The van der Waals surface area contributed by atoms with E-state index in [4.69, 9.17) is 4.84 Å². The fraction of sp³-hybridized carbons (Fsp3) is 0.353. The maximum absolute atomic E-state index is 12.1. The maximum atomic E-state index is 12.1. The molecule has 0 fully saturated rings. The van der Waals surface area contributed by atoms with E-state index in [-0.39, 0.29) is 18.7 Å². The van der Waals surface area contributed by atoms with Gasteiger partial charge in [0.15, 0.2) is 0 Å². The number of aromatic amines is 1. The molecule has 0 aliphatic heterocycles. The molecule has 1 aromatic carbocycles. The van der Waals surface area contributed by atoms with E-state index in [0.29, 0.717) is 18.8 Å². The molecule has 8 heteroatoms. The zero-order valence-corrected chi connectivity index (χ0v) is 14.0. The highest BCUT2D eigenvalue weighted by Crippen LogP contribution is 2.05. The molecule has 1 heterocycles. The normalized spacial score (nSPS) is 12.1. The van der Waals surface area contributed by atoms with Crippen LogP contribution in [0.1, 0.15) is 17.7 Å². The molecule has 1 amide bonds. The summed E-state index contributed by atoms with van der Waals surface area (Å²) in [5.41, 5.74) is 1.71. The lowest BCUT2D eigenvalue weighted by molar-refractivity contribution is -0.148. The van der Waals surface area contributed by atoms with Gasteiger partial charge in [-0.3, -0.25) is 4.79 Å². The first-order chi connectivity index (χ1) is 12.1. The van der Waals surface area contributed by atoms with E-state index in [1.807, 2.05) is 30.3 Å². The van der Waals surface area contributed by atoms with Crippen LogP contribution in [-0.4, -0.2) is 51.7 Å². The molecule has 1 aromatic heterocycles. The third-order valence-corrected chi connectivity index (χ3v) is 3.66. The Morgan fingerprint density at radius 3 is 2.72 bits per heavy atom. The number of carboxylic acid groups (broad SMARTS) is 1. The minimum Gasteiger partial charge on any atom is -0.480 e. The summed E-state index contributed by atoms with van der Waals surface area (Å²) < 4.78 is 0. The molecular formula is C17H22N4O4. The standard InChI is InChI=1S/C17H22N4O4/c1-25-21(11-13-5-3-2-4-6-13)8-7-16(22)20-15(17(23)24)9-14-10-18-12-19-14/h2-6,10,12,15H,7-9,11H2,1H3,(H,18,19)(H,20,22)(H,23,24). The van der Waals surface area contributed by atoms with Crippen LogP contribution in [-0.2, 0) is 27.4 Å². The van der Waals surface area contributed by atoms with Crippen molar-refractivity contribution < 1.29 is 19.5 Å². The second-order valence-electron chi connectivity index (χ2n) is 5.52. The number of aliphatic carboxylic acids is 1. The van der Waals surface area contributed by atoms with Crippen molar-refractivity contribution in [3.8, 4) is 0 Å². The highest BCUT2D eigenvalue weighted by molar-refractivity contribution is 5.83. The van der Waals surface area contributed by atoms with E-state index in [9.17, 15) is 14.7 Å². The molecule has 0 radical (unpaired) electrons. The Morgan fingerprint density at radius 1 is 1.36 bits per heavy atom. The van der Waals surface area contributed by atoms with Crippen LogP contribution in [0.15, 0.2) is 42.9 Å². The number of aromatic nitrogens is 2. The summed E-state index contributed by atoms with van der Waals surface area (Å²) in [5.74, 6) is -1.43. The number of hydrogen-bond donors (Lipinski definition) is 3. The molecule has 8 nitrogen and oxygen atoms in total. The lowest BCUT2D eigenvalue weighted by Gasteiger charge is -2.20. The van der Waals surface area contributed by atoms with Crippen LogP contribution in [0.4, 0.5) is 0 Å². The van der Waals surface area contributed by atoms with Gasteiger partial charge in [-0.15, -0.1) is 0 Å². The molecule has 1 unspecified atom stereocenters. The Hall–Kier alpha value is -2.71. The van der Waals surface area contributed by atoms with Crippen molar-refractivity contribution in [2.24, 2.45) is 0 Å². The zero-order chi connectivity index (χ0) is 18.1. The van der Waals surface area contributed by atoms with E-state index in [0.717, 1.165) is 5.56 Å². The van der Waals surface area contributed by atoms with Crippen LogP contribution in [0.2, 0.25) is 0 Å². The quantitative estimate of drug-likeness (QED) is 0.554. The van der Waals surface area contributed by atoms with Crippen LogP contribution in [0, 0.1) is 0 Å². The van der Waals surface area contributed by atoms with Gasteiger partial charge < -0.3 is 20.2 Å². The highest BCUT2D eigenvalue weighted by atomic mass is 16.7. The van der Waals surface area contributed by atoms with E-state index in [1.54, 1.807) is 12.2 Å². The van der Waals surface area contributed by atoms with Crippen molar-refractivity contribution in [2.45, 2.75) is 25.4 Å². The van der Waals surface area contributed by atoms with Gasteiger partial charge in [0.25, 0.3) is 0 Å². The number of imidazole rings is 1. The molecule has 0 saturated heterocycles. The molecule has 0 saturated carbocycles. The first kappa shape index (κ1) is 18.6. The van der Waals surface area contributed by atoms with Crippen molar-refractivity contribution in [3.05, 3.63) is 54.1 Å². The molecule has 1 atom stereocenters. The molecule has 0 aliphatic carbocycles. The molecule has 134 valence electrons. The Bertz CT molecular complexity index is 661. The minimum atomic E-state index is -1.09. The number of H-pyrrole nitrogens is 1. The van der Waals surface area contributed by atoms with Crippen molar-refractivity contribution in [3.63, 3.8) is 0 Å². The van der Waals surface area contributed by atoms with Crippen LogP contribution >= 0.6 is 0 Å². The summed E-state index contributed by atoms with van der Waals surface area (Å²) in [6, 6.07) is 8.73. The van der Waals surface area contributed by atoms with Crippen LogP contribution in [0.3, 0.4) is 0 Å². The van der Waals surface area contributed by atoms with Crippen molar-refractivity contribution >= 4 is 11.9 Å². The second-order valence-corrected chi connectivity index (χ2v) is 5.52. The summed E-state index contributed by atoms with van der Waals surface area (Å²) in [6.07, 6.45) is 3.29. The number of nitrogens with zero attached hydrogens (tertiary/aromatic N) is 2. The number of carboxylic acids is 1. The SMILES string of the molecule is CON(CCC(=O)NC(Cc1cnc[nH]1)C(=O)O)Cc1ccccc1. The summed E-state index contributed by atoms with van der Waals surface area (Å²) in [6.45, 7) is 0.898. The smallest absolute Gasteiger partial charge is 0.326 e. The van der Waals surface area contributed by atoms with Gasteiger partial charge in [0.05, 0.1) is 13.4 Å². The number of hydrogen-bond acceptors (Lipinski definition) is 5. The second kappa shape index (κ2) is 9.55. The van der Waals surface area contributed by atoms with Gasteiger partial charge in [0.1, 0.15) is 6.04 Å². The number of benzene rings is 1. The largest absolute Gasteiger partial charge is 0.480 e. The monoisotopic (exact) mass is 346 g/mol. The lowest BCUT2D eigenvalue weighted by atomic mass is 10.1. The number of hydroxylamine groups is 2. The number of nitrogens with one attached hydrogen (secondary N) is 2. The third-order valence-electron chi connectivity index (χ3n) is 3.66. The maximum Gasteiger partial charge on any atom is 0.326 e. The van der Waals surface area contributed by atoms with Gasteiger partial charge >= 0.3 is 5.97 Å². The number of carbonyl (C=O) groups excluding carboxylic acids is 1.